The summed E-state index contributed by atoms with van der Waals surface area (Å²) in [4.78, 5) is 43.3. The molecule has 1 fully saturated rings. The zero-order valence-corrected chi connectivity index (χ0v) is 17.1. The average Bonchev–Trinajstić information content (AvgIpc) is 2.95. The van der Waals surface area contributed by atoms with E-state index in [4.69, 9.17) is 0 Å². The van der Waals surface area contributed by atoms with Gasteiger partial charge in [-0.05, 0) is 20.3 Å². The maximum atomic E-state index is 12.8. The van der Waals surface area contributed by atoms with Gasteiger partial charge >= 0.3 is 5.69 Å². The smallest absolute Gasteiger partial charge is 0.328 e. The van der Waals surface area contributed by atoms with Crippen LogP contribution in [0.2, 0.25) is 0 Å². The van der Waals surface area contributed by atoms with Crippen LogP contribution in [0.5, 0.6) is 0 Å². The van der Waals surface area contributed by atoms with E-state index in [9.17, 15) is 14.4 Å². The largest absolute Gasteiger partial charge is 0.332 e. The standard InChI is InChI=1S/C19H29N5O3/c1-11-7-12(2)9-23(8-11)10-15-20-17-16(24(15)13(3)14(4)25)18(26)22(6)19(27)21(17)5/h11-13H,7-10H2,1-6H3/p+1/t11-,12-,13+/m1/s1. The second-order valence-electron chi connectivity index (χ2n) is 8.34. The number of hydrogen-bond donors (Lipinski definition) is 1. The highest BCUT2D eigenvalue weighted by Gasteiger charge is 2.30. The summed E-state index contributed by atoms with van der Waals surface area (Å²) in [6.45, 7) is 10.5. The molecule has 1 saturated heterocycles. The normalized spacial score (nSPS) is 24.3. The van der Waals surface area contributed by atoms with Gasteiger partial charge in [-0.3, -0.25) is 18.7 Å². The number of rotatable bonds is 4. The second kappa shape index (κ2) is 7.07. The molecule has 3 heterocycles. The molecule has 27 heavy (non-hydrogen) atoms. The summed E-state index contributed by atoms with van der Waals surface area (Å²) < 4.78 is 4.21. The van der Waals surface area contributed by atoms with Crippen LogP contribution in [-0.2, 0) is 25.4 Å². The molecular formula is C19H30N5O3+. The molecule has 1 aliphatic rings. The van der Waals surface area contributed by atoms with Gasteiger partial charge < -0.3 is 9.47 Å². The zero-order valence-electron chi connectivity index (χ0n) is 17.1. The fourth-order valence-corrected chi connectivity index (χ4v) is 4.47. The van der Waals surface area contributed by atoms with Crippen molar-refractivity contribution in [3.05, 3.63) is 26.7 Å². The molecule has 0 aliphatic carbocycles. The molecule has 0 aromatic carbocycles. The van der Waals surface area contributed by atoms with Gasteiger partial charge in [0.15, 0.2) is 22.8 Å². The lowest BCUT2D eigenvalue weighted by Crippen LogP contribution is -3.13. The predicted molar refractivity (Wildman–Crippen MR) is 103 cm³/mol. The van der Waals surface area contributed by atoms with Crippen LogP contribution in [0.3, 0.4) is 0 Å². The number of nitrogens with one attached hydrogen (secondary N) is 1. The van der Waals surface area contributed by atoms with Crippen LogP contribution in [-0.4, -0.2) is 37.6 Å². The summed E-state index contributed by atoms with van der Waals surface area (Å²) in [6.07, 6.45) is 1.22. The lowest BCUT2D eigenvalue weighted by atomic mass is 9.92. The summed E-state index contributed by atoms with van der Waals surface area (Å²) in [6, 6.07) is -0.505. The monoisotopic (exact) mass is 376 g/mol. The molecule has 8 nitrogen and oxygen atoms in total. The Morgan fingerprint density at radius 3 is 2.33 bits per heavy atom. The molecule has 0 saturated carbocycles. The van der Waals surface area contributed by atoms with Gasteiger partial charge in [-0.15, -0.1) is 0 Å². The van der Waals surface area contributed by atoms with Crippen molar-refractivity contribution in [1.82, 2.24) is 18.7 Å². The van der Waals surface area contributed by atoms with Crippen LogP contribution >= 0.6 is 0 Å². The number of carbonyl (C=O) groups is 1. The molecule has 0 bridgehead atoms. The van der Waals surface area contributed by atoms with Gasteiger partial charge in [-0.2, -0.15) is 0 Å². The Labute approximate surface area is 158 Å². The lowest BCUT2D eigenvalue weighted by molar-refractivity contribution is -0.926. The number of quaternary nitrogens is 1. The van der Waals surface area contributed by atoms with Crippen molar-refractivity contribution in [3.8, 4) is 0 Å². The van der Waals surface area contributed by atoms with Gasteiger partial charge in [0.05, 0.1) is 19.1 Å². The summed E-state index contributed by atoms with van der Waals surface area (Å²) >= 11 is 0. The van der Waals surface area contributed by atoms with Crippen LogP contribution < -0.4 is 16.1 Å². The minimum Gasteiger partial charge on any atom is -0.328 e. The minimum absolute atomic E-state index is 0.0400. The maximum Gasteiger partial charge on any atom is 0.332 e. The van der Waals surface area contributed by atoms with E-state index in [0.717, 1.165) is 17.7 Å². The molecule has 0 amide bonds. The second-order valence-corrected chi connectivity index (χ2v) is 8.34. The molecule has 1 N–H and O–H groups in total. The number of Topliss-reactive ketones (excluding diaryl/α,β-unsaturated/α-hetero) is 1. The Morgan fingerprint density at radius 2 is 1.78 bits per heavy atom. The minimum atomic E-state index is -0.505. The topological polar surface area (TPSA) is 83.3 Å². The Balaban J connectivity index is 2.20. The first kappa shape index (κ1) is 19.5. The summed E-state index contributed by atoms with van der Waals surface area (Å²) in [5.41, 5.74) is -0.138. The number of likely N-dealkylation sites (tertiary alicyclic amines) is 1. The molecular weight excluding hydrogens is 346 g/mol. The van der Waals surface area contributed by atoms with E-state index < -0.39 is 17.3 Å². The number of hydrogen-bond acceptors (Lipinski definition) is 4. The first-order chi connectivity index (χ1) is 12.6. The fraction of sp³-hybridized carbons (Fsp3) is 0.684. The molecule has 8 heteroatoms. The van der Waals surface area contributed by atoms with Crippen LogP contribution in [0, 0.1) is 11.8 Å². The van der Waals surface area contributed by atoms with Gasteiger partial charge in [-0.25, -0.2) is 9.78 Å². The SMILES string of the molecule is CC(=O)[C@H](C)n1c(C[NH+]2C[C@H](C)C[C@@H](C)C2)nc2c1c(=O)n(C)c(=O)n2C. The highest BCUT2D eigenvalue weighted by molar-refractivity contribution is 5.82. The summed E-state index contributed by atoms with van der Waals surface area (Å²) in [5.74, 6) is 1.91. The number of ketones is 1. The van der Waals surface area contributed by atoms with Gasteiger partial charge in [0.1, 0.15) is 6.54 Å². The fourth-order valence-electron chi connectivity index (χ4n) is 4.47. The Kier molecular flexibility index (Phi) is 5.12. The van der Waals surface area contributed by atoms with E-state index in [2.05, 4.69) is 18.8 Å². The number of imidazole rings is 1. The van der Waals surface area contributed by atoms with Gasteiger partial charge in [0.2, 0.25) is 0 Å². The number of nitrogens with zero attached hydrogens (tertiary/aromatic N) is 4. The van der Waals surface area contributed by atoms with Gasteiger partial charge in [0.25, 0.3) is 5.56 Å². The van der Waals surface area contributed by atoms with E-state index in [-0.39, 0.29) is 5.78 Å². The van der Waals surface area contributed by atoms with Crippen LogP contribution in [0.25, 0.3) is 11.2 Å². The molecule has 2 aromatic heterocycles. The highest BCUT2D eigenvalue weighted by atomic mass is 16.2. The third-order valence-corrected chi connectivity index (χ3v) is 5.83. The molecule has 0 spiro atoms. The quantitative estimate of drug-likeness (QED) is 0.790. The Hall–Kier alpha value is -2.22. The molecule has 1 aliphatic heterocycles. The van der Waals surface area contributed by atoms with Crippen molar-refractivity contribution in [2.24, 2.45) is 25.9 Å². The molecule has 0 unspecified atom stereocenters. The summed E-state index contributed by atoms with van der Waals surface area (Å²) in [7, 11) is 3.07. The zero-order chi connectivity index (χ0) is 20.0. The van der Waals surface area contributed by atoms with Crippen molar-refractivity contribution in [3.63, 3.8) is 0 Å². The summed E-state index contributed by atoms with van der Waals surface area (Å²) in [5, 5.41) is 0. The van der Waals surface area contributed by atoms with Crippen molar-refractivity contribution in [2.75, 3.05) is 13.1 Å². The lowest BCUT2D eigenvalue weighted by Gasteiger charge is -2.32. The van der Waals surface area contributed by atoms with Gasteiger partial charge in [-0.1, -0.05) is 13.8 Å². The third-order valence-electron chi connectivity index (χ3n) is 5.83. The van der Waals surface area contributed by atoms with Crippen LogP contribution in [0.1, 0.15) is 46.0 Å². The van der Waals surface area contributed by atoms with Crippen LogP contribution in [0.4, 0.5) is 0 Å². The third kappa shape index (κ3) is 3.38. The van der Waals surface area contributed by atoms with E-state index in [1.54, 1.807) is 18.5 Å². The van der Waals surface area contributed by atoms with E-state index in [1.807, 2.05) is 0 Å². The van der Waals surface area contributed by atoms with E-state index in [0.29, 0.717) is 35.4 Å². The van der Waals surface area contributed by atoms with Crippen LogP contribution in [0.15, 0.2) is 9.59 Å². The molecule has 3 rings (SSSR count). The molecule has 3 atom stereocenters. The van der Waals surface area contributed by atoms with Crippen molar-refractivity contribution in [2.45, 2.75) is 46.7 Å². The van der Waals surface area contributed by atoms with Crippen molar-refractivity contribution >= 4 is 16.9 Å². The maximum absolute atomic E-state index is 12.8. The number of fused-ring (bicyclic) bond motifs is 1. The molecule has 0 radical (unpaired) electrons. The van der Waals surface area contributed by atoms with E-state index in [1.165, 1.54) is 29.9 Å². The highest BCUT2D eigenvalue weighted by Crippen LogP contribution is 2.19. The first-order valence-electron chi connectivity index (χ1n) is 9.62. The van der Waals surface area contributed by atoms with E-state index >= 15 is 0 Å². The number of carbonyl (C=O) groups excluding carboxylic acids is 1. The number of aryl methyl sites for hydroxylation is 1. The molecule has 148 valence electrons. The molecule has 2 aromatic rings. The van der Waals surface area contributed by atoms with Gasteiger partial charge in [0, 0.05) is 25.9 Å². The van der Waals surface area contributed by atoms with Crippen molar-refractivity contribution < 1.29 is 9.69 Å². The van der Waals surface area contributed by atoms with Crippen molar-refractivity contribution in [1.29, 1.82) is 0 Å². The number of aromatic nitrogens is 4. The number of piperidine rings is 1. The first-order valence-corrected chi connectivity index (χ1v) is 9.62. The predicted octanol–water partition coefficient (Wildman–Crippen LogP) is -0.355. The Bertz CT molecular complexity index is 989. The Morgan fingerprint density at radius 1 is 1.19 bits per heavy atom. The average molecular weight is 376 g/mol.